The second-order valence-electron chi connectivity index (χ2n) is 7.08. The van der Waals surface area contributed by atoms with Gasteiger partial charge in [0.2, 0.25) is 0 Å². The van der Waals surface area contributed by atoms with Gasteiger partial charge in [0.25, 0.3) is 0 Å². The normalized spacial score (nSPS) is 22.2. The van der Waals surface area contributed by atoms with E-state index in [9.17, 15) is 15.0 Å². The van der Waals surface area contributed by atoms with Crippen molar-refractivity contribution < 1.29 is 44.1 Å². The Morgan fingerprint density at radius 2 is 1.88 bits per heavy atom. The van der Waals surface area contributed by atoms with Crippen LogP contribution in [-0.4, -0.2) is 17.4 Å². The molecule has 2 atom stereocenters. The number of aryl methyl sites for hydroxylation is 2. The van der Waals surface area contributed by atoms with Crippen molar-refractivity contribution in [3.63, 3.8) is 0 Å². The molecule has 0 saturated heterocycles. The molecule has 0 bridgehead atoms. The summed E-state index contributed by atoms with van der Waals surface area (Å²) in [5.41, 5.74) is 2.08. The minimum atomic E-state index is -4.39. The molecule has 5 nitrogen and oxygen atoms in total. The molecule has 2 N–H and O–H groups in total. The third-order valence-corrected chi connectivity index (χ3v) is 20.8. The van der Waals surface area contributed by atoms with Crippen molar-refractivity contribution in [3.05, 3.63) is 53.6 Å². The third kappa shape index (κ3) is 2.54. The van der Waals surface area contributed by atoms with Crippen molar-refractivity contribution in [2.45, 2.75) is 26.9 Å². The Morgan fingerprint density at radius 1 is 1.08 bits per heavy atom. The molecule has 2 heterocycles. The van der Waals surface area contributed by atoms with E-state index in [1.165, 1.54) is 6.07 Å². The first kappa shape index (κ1) is 15.7. The number of rotatable bonds is 2. The van der Waals surface area contributed by atoms with Crippen LogP contribution in [-0.2, 0) is 34.5 Å². The van der Waals surface area contributed by atoms with E-state index in [0.717, 1.165) is 23.3 Å². The van der Waals surface area contributed by atoms with Crippen LogP contribution in [0, 0.1) is 0 Å². The Bertz CT molecular complexity index is 806. The van der Waals surface area contributed by atoms with Gasteiger partial charge in [-0.1, -0.05) is 0 Å². The van der Waals surface area contributed by atoms with Gasteiger partial charge in [-0.05, 0) is 0 Å². The van der Waals surface area contributed by atoms with Crippen molar-refractivity contribution >= 4 is 3.53 Å². The summed E-state index contributed by atoms with van der Waals surface area (Å²) in [7, 11) is 0. The summed E-state index contributed by atoms with van der Waals surface area (Å²) in [5.74, 6) is 1.40. The average Bonchev–Trinajstić information content (AvgIpc) is 2.60. The minimum absolute atomic E-state index is 0.0968. The van der Waals surface area contributed by atoms with Gasteiger partial charge in [0.15, 0.2) is 0 Å². The van der Waals surface area contributed by atoms with Crippen LogP contribution < -0.4 is 7.42 Å². The van der Waals surface area contributed by atoms with E-state index in [4.69, 9.17) is 7.42 Å². The molecular weight excluding hydrogens is 409 g/mol. The number of benzene rings is 2. The fourth-order valence-electron chi connectivity index (χ4n) is 4.26. The van der Waals surface area contributed by atoms with Crippen molar-refractivity contribution in [2.75, 3.05) is 0 Å². The zero-order valence-electron chi connectivity index (χ0n) is 13.3. The predicted molar refractivity (Wildman–Crippen MR) is 84.4 cm³/mol. The number of hydrogen-bond donors (Lipinski definition) is 2. The van der Waals surface area contributed by atoms with Gasteiger partial charge < -0.3 is 0 Å². The quantitative estimate of drug-likeness (QED) is 0.714. The first-order chi connectivity index (χ1) is 11.6. The average molecular weight is 427 g/mol. The van der Waals surface area contributed by atoms with Crippen molar-refractivity contribution in [2.24, 2.45) is 0 Å². The number of fused-ring (bicyclic) bond motifs is 2. The van der Waals surface area contributed by atoms with Gasteiger partial charge in [-0.3, -0.25) is 0 Å². The molecule has 2 aliphatic heterocycles. The van der Waals surface area contributed by atoms with Gasteiger partial charge >= 0.3 is 145 Å². The Kier molecular flexibility index (Phi) is 3.90. The number of carbonyl (C=O) groups is 1. The number of carboxylic acid groups (broad SMARTS) is 1. The van der Waals surface area contributed by atoms with E-state index in [1.54, 1.807) is 6.07 Å². The number of hydrogen-bond acceptors (Lipinski definition) is 4. The Hall–Kier alpha value is -1.77. The molecule has 2 aliphatic rings. The molecule has 0 fully saturated rings. The van der Waals surface area contributed by atoms with Crippen LogP contribution in [0.15, 0.2) is 42.5 Å². The van der Waals surface area contributed by atoms with Crippen LogP contribution in [0.25, 0.3) is 0 Å². The number of phenols is 1. The first-order valence-electron chi connectivity index (χ1n) is 8.53. The predicted octanol–water partition coefficient (Wildman–Crippen LogP) is 3.84. The zero-order chi connectivity index (χ0) is 16.7. The molecule has 122 valence electrons. The molecule has 0 saturated carbocycles. The Labute approximate surface area is 145 Å². The second-order valence-corrected chi connectivity index (χ2v) is 21.4. The van der Waals surface area contributed by atoms with Crippen molar-refractivity contribution in [3.8, 4) is 17.2 Å². The Morgan fingerprint density at radius 3 is 2.71 bits per heavy atom. The van der Waals surface area contributed by atoms with Crippen LogP contribution in [0.3, 0.4) is 0 Å². The molecule has 2 aromatic rings. The summed E-state index contributed by atoms with van der Waals surface area (Å²) < 4.78 is 11.7. The molecule has 0 amide bonds. The standard InChI is InChI=1S/C9H9O.C8H9O2.CHO2.Cd/c1-2-6-9-8(4-1)5-3-7-10-9;1-2-6-3-4-7(9)5-8(6)10;2-1-3;/h1-2,4,6-7H,3,5H2;3-5,9-10H,1-2H2;(H,2,3);/q;;;+1/p-1. The summed E-state index contributed by atoms with van der Waals surface area (Å²) >= 11 is -4.39. The first-order valence-corrected chi connectivity index (χ1v) is 17.4. The second kappa shape index (κ2) is 5.95. The zero-order valence-corrected chi connectivity index (χ0v) is 17.3. The topological polar surface area (TPSA) is 76.0 Å². The van der Waals surface area contributed by atoms with Crippen LogP contribution in [0.1, 0.15) is 17.5 Å². The Balaban J connectivity index is 1.70. The van der Waals surface area contributed by atoms with Crippen molar-refractivity contribution in [1.29, 1.82) is 0 Å². The van der Waals surface area contributed by atoms with Crippen LogP contribution in [0.2, 0.25) is 3.98 Å². The molecule has 6 heteroatoms. The van der Waals surface area contributed by atoms with E-state index >= 15 is 0 Å². The van der Waals surface area contributed by atoms with Gasteiger partial charge in [-0.15, -0.1) is 0 Å². The molecule has 0 aromatic heterocycles. The summed E-state index contributed by atoms with van der Waals surface area (Å²) in [6.45, 7) is 0. The number of phenolic OH excluding ortho intramolecular Hbond substituents is 1. The number of ether oxygens (including phenoxy) is 1. The van der Waals surface area contributed by atoms with E-state index < -0.39 is 25.2 Å². The van der Waals surface area contributed by atoms with Gasteiger partial charge in [0.1, 0.15) is 0 Å². The molecule has 2 aromatic carbocycles. The van der Waals surface area contributed by atoms with Gasteiger partial charge in [-0.2, -0.15) is 0 Å². The maximum atomic E-state index is 12.2. The van der Waals surface area contributed by atoms with E-state index in [2.05, 4.69) is 0 Å². The maximum absolute atomic E-state index is 12.2. The monoisotopic (exact) mass is 428 g/mol. The van der Waals surface area contributed by atoms with Crippen LogP contribution in [0.5, 0.6) is 17.2 Å². The fraction of sp³-hybridized carbons (Fsp3) is 0.278. The molecule has 0 aliphatic carbocycles. The van der Waals surface area contributed by atoms with Crippen molar-refractivity contribution in [1.82, 2.24) is 0 Å². The van der Waals surface area contributed by atoms with Gasteiger partial charge in [0.05, 0.1) is 0 Å². The van der Waals surface area contributed by atoms with Crippen LogP contribution >= 0.6 is 0 Å². The molecule has 24 heavy (non-hydrogen) atoms. The molecular formula is C18H18CdO5. The summed E-state index contributed by atoms with van der Waals surface area (Å²) in [4.78, 5) is 12.2. The van der Waals surface area contributed by atoms with Gasteiger partial charge in [-0.25, -0.2) is 0 Å². The number of aromatic hydroxyl groups is 1. The molecule has 0 radical (unpaired) electrons. The molecule has 0 spiro atoms. The summed E-state index contributed by atoms with van der Waals surface area (Å²) in [6, 6.07) is 12.7. The SMILES string of the molecule is O=[C](O)[Cd]1([CH]2CCc3ccccc3O2)[CH2]Cc2ccc(O)cc2[O]1. The van der Waals surface area contributed by atoms with Gasteiger partial charge in [0, 0.05) is 0 Å². The summed E-state index contributed by atoms with van der Waals surface area (Å²) in [6.07, 6.45) is 2.17. The van der Waals surface area contributed by atoms with Crippen LogP contribution in [0.4, 0.5) is 4.79 Å². The fourth-order valence-corrected chi connectivity index (χ4v) is 17.5. The number of para-hydroxylation sites is 1. The van der Waals surface area contributed by atoms with E-state index in [0.29, 0.717) is 22.6 Å². The van der Waals surface area contributed by atoms with E-state index in [-0.39, 0.29) is 9.41 Å². The summed E-state index contributed by atoms with van der Waals surface area (Å²) in [5, 5.41) is 19.7. The third-order valence-electron chi connectivity index (χ3n) is 5.68. The molecule has 4 rings (SSSR count). The molecule has 2 unspecified atom stereocenters. The van der Waals surface area contributed by atoms with E-state index in [1.807, 2.05) is 30.3 Å².